The second kappa shape index (κ2) is 9.82. The number of H-pyrrole nitrogens is 1. The van der Waals surface area contributed by atoms with Crippen molar-refractivity contribution in [3.63, 3.8) is 0 Å². The molecule has 0 radical (unpaired) electrons. The first-order valence-corrected chi connectivity index (χ1v) is 10.1. The van der Waals surface area contributed by atoms with Crippen molar-refractivity contribution in [2.75, 3.05) is 32.6 Å². The molecule has 0 atom stereocenters. The van der Waals surface area contributed by atoms with Crippen molar-refractivity contribution in [3.8, 4) is 28.5 Å². The van der Waals surface area contributed by atoms with Gasteiger partial charge in [-0.15, -0.1) is 0 Å². The maximum atomic E-state index is 5.85. The van der Waals surface area contributed by atoms with Gasteiger partial charge in [-0.05, 0) is 50.8 Å². The Hall–Kier alpha value is -3.78. The molecule has 0 unspecified atom stereocenters. The highest BCUT2D eigenvalue weighted by atomic mass is 16.5. The summed E-state index contributed by atoms with van der Waals surface area (Å²) in [6, 6.07) is 13.5. The molecule has 8 nitrogen and oxygen atoms in total. The van der Waals surface area contributed by atoms with E-state index in [0.29, 0.717) is 12.6 Å². The number of hydrogen-bond donors (Lipinski definition) is 2. The smallest absolute Gasteiger partial charge is 0.227 e. The van der Waals surface area contributed by atoms with Crippen LogP contribution in [-0.4, -0.2) is 57.1 Å². The first-order chi connectivity index (χ1) is 15.2. The minimum atomic E-state index is 0.500. The Kier molecular flexibility index (Phi) is 6.49. The summed E-state index contributed by atoms with van der Waals surface area (Å²) in [5.41, 5.74) is 3.34. The molecule has 0 bridgehead atoms. The SMILES string of the molecule is CN(C)CCCOc1cccc(Nc2nccc(-c3cnc(-c4cccnc4)[nH]3)n2)c1. The number of rotatable bonds is 9. The van der Waals surface area contributed by atoms with E-state index >= 15 is 0 Å². The summed E-state index contributed by atoms with van der Waals surface area (Å²) >= 11 is 0. The van der Waals surface area contributed by atoms with E-state index in [9.17, 15) is 0 Å². The molecule has 0 saturated heterocycles. The lowest BCUT2D eigenvalue weighted by molar-refractivity contribution is 0.281. The molecule has 1 aromatic carbocycles. The number of pyridine rings is 1. The molecular formula is C23H25N7O. The number of nitrogens with zero attached hydrogens (tertiary/aromatic N) is 5. The largest absolute Gasteiger partial charge is 0.493 e. The van der Waals surface area contributed by atoms with E-state index in [1.54, 1.807) is 24.8 Å². The zero-order valence-corrected chi connectivity index (χ0v) is 17.6. The Morgan fingerprint density at radius 3 is 2.81 bits per heavy atom. The average molecular weight is 416 g/mol. The van der Waals surface area contributed by atoms with Crippen LogP contribution in [0.1, 0.15) is 6.42 Å². The van der Waals surface area contributed by atoms with Crippen LogP contribution in [0.3, 0.4) is 0 Å². The van der Waals surface area contributed by atoms with Crippen LogP contribution in [0.5, 0.6) is 5.75 Å². The summed E-state index contributed by atoms with van der Waals surface area (Å²) in [5.74, 6) is 2.06. The van der Waals surface area contributed by atoms with Gasteiger partial charge >= 0.3 is 0 Å². The molecule has 3 heterocycles. The van der Waals surface area contributed by atoms with Crippen molar-refractivity contribution in [3.05, 3.63) is 67.3 Å². The molecule has 0 aliphatic rings. The Bertz CT molecular complexity index is 1110. The third-order valence-corrected chi connectivity index (χ3v) is 4.55. The minimum absolute atomic E-state index is 0.500. The maximum Gasteiger partial charge on any atom is 0.227 e. The Labute approximate surface area is 181 Å². The molecule has 4 rings (SSSR count). The summed E-state index contributed by atoms with van der Waals surface area (Å²) in [7, 11) is 4.11. The van der Waals surface area contributed by atoms with Crippen molar-refractivity contribution < 1.29 is 4.74 Å². The first kappa shape index (κ1) is 20.5. The van der Waals surface area contributed by atoms with Crippen LogP contribution in [0.25, 0.3) is 22.8 Å². The van der Waals surface area contributed by atoms with Crippen molar-refractivity contribution in [1.29, 1.82) is 0 Å². The predicted molar refractivity (Wildman–Crippen MR) is 121 cm³/mol. The lowest BCUT2D eigenvalue weighted by Crippen LogP contribution is -2.15. The third-order valence-electron chi connectivity index (χ3n) is 4.55. The van der Waals surface area contributed by atoms with E-state index in [2.05, 4.69) is 49.2 Å². The predicted octanol–water partition coefficient (Wildman–Crippen LogP) is 4.00. The lowest BCUT2D eigenvalue weighted by Gasteiger charge is -2.11. The Morgan fingerprint density at radius 1 is 1.03 bits per heavy atom. The molecular weight excluding hydrogens is 390 g/mol. The quantitative estimate of drug-likeness (QED) is 0.399. The van der Waals surface area contributed by atoms with Gasteiger partial charge in [0, 0.05) is 42.5 Å². The van der Waals surface area contributed by atoms with Crippen molar-refractivity contribution in [1.82, 2.24) is 29.8 Å². The molecule has 8 heteroatoms. The molecule has 158 valence electrons. The van der Waals surface area contributed by atoms with Gasteiger partial charge in [-0.1, -0.05) is 6.07 Å². The number of nitrogens with one attached hydrogen (secondary N) is 2. The Morgan fingerprint density at radius 2 is 1.97 bits per heavy atom. The summed E-state index contributed by atoms with van der Waals surface area (Å²) in [4.78, 5) is 23.0. The van der Waals surface area contributed by atoms with E-state index in [1.165, 1.54) is 0 Å². The lowest BCUT2D eigenvalue weighted by atomic mass is 10.3. The molecule has 0 aliphatic heterocycles. The van der Waals surface area contributed by atoms with Gasteiger partial charge in [-0.3, -0.25) is 4.98 Å². The van der Waals surface area contributed by atoms with Crippen LogP contribution in [-0.2, 0) is 0 Å². The fourth-order valence-electron chi connectivity index (χ4n) is 3.03. The minimum Gasteiger partial charge on any atom is -0.493 e. The van der Waals surface area contributed by atoms with Gasteiger partial charge < -0.3 is 19.9 Å². The fourth-order valence-corrected chi connectivity index (χ4v) is 3.03. The van der Waals surface area contributed by atoms with Crippen molar-refractivity contribution in [2.24, 2.45) is 0 Å². The topological polar surface area (TPSA) is 91.9 Å². The van der Waals surface area contributed by atoms with E-state index in [-0.39, 0.29) is 0 Å². The molecule has 0 spiro atoms. The molecule has 0 amide bonds. The molecule has 0 fully saturated rings. The van der Waals surface area contributed by atoms with E-state index in [1.807, 2.05) is 42.5 Å². The van der Waals surface area contributed by atoms with E-state index in [0.717, 1.165) is 47.2 Å². The van der Waals surface area contributed by atoms with Gasteiger partial charge in [0.15, 0.2) is 0 Å². The maximum absolute atomic E-state index is 5.85. The number of aromatic amines is 1. The van der Waals surface area contributed by atoms with Gasteiger partial charge in [-0.25, -0.2) is 15.0 Å². The summed E-state index contributed by atoms with van der Waals surface area (Å²) < 4.78 is 5.85. The van der Waals surface area contributed by atoms with E-state index in [4.69, 9.17) is 4.74 Å². The first-order valence-electron chi connectivity index (χ1n) is 10.1. The number of ether oxygens (including phenoxy) is 1. The van der Waals surface area contributed by atoms with E-state index < -0.39 is 0 Å². The highest BCUT2D eigenvalue weighted by Crippen LogP contribution is 2.23. The highest BCUT2D eigenvalue weighted by Gasteiger charge is 2.08. The van der Waals surface area contributed by atoms with Crippen LogP contribution in [0.4, 0.5) is 11.6 Å². The monoisotopic (exact) mass is 415 g/mol. The van der Waals surface area contributed by atoms with Crippen LogP contribution in [0, 0.1) is 0 Å². The zero-order valence-electron chi connectivity index (χ0n) is 17.6. The molecule has 4 aromatic rings. The van der Waals surface area contributed by atoms with Crippen molar-refractivity contribution in [2.45, 2.75) is 6.42 Å². The molecule has 31 heavy (non-hydrogen) atoms. The molecule has 2 N–H and O–H groups in total. The summed E-state index contributed by atoms with van der Waals surface area (Å²) in [6.45, 7) is 1.67. The van der Waals surface area contributed by atoms with Crippen LogP contribution >= 0.6 is 0 Å². The van der Waals surface area contributed by atoms with Gasteiger partial charge in [0.05, 0.1) is 24.2 Å². The van der Waals surface area contributed by atoms with Crippen LogP contribution in [0.2, 0.25) is 0 Å². The second-order valence-electron chi connectivity index (χ2n) is 7.31. The average Bonchev–Trinajstić information content (AvgIpc) is 3.28. The van der Waals surface area contributed by atoms with Gasteiger partial charge in [0.25, 0.3) is 0 Å². The standard InChI is InChI=1S/C23H25N7O/c1-30(2)12-5-13-31-19-8-3-7-18(14-19)27-23-25-11-9-20(29-23)21-16-26-22(28-21)17-6-4-10-24-15-17/h3-4,6-11,14-16H,5,12-13H2,1-2H3,(H,26,28)(H,25,27,29). The number of aromatic nitrogens is 5. The molecule has 3 aromatic heterocycles. The van der Waals surface area contributed by atoms with Crippen molar-refractivity contribution >= 4 is 11.6 Å². The molecule has 0 saturated carbocycles. The highest BCUT2D eigenvalue weighted by molar-refractivity contribution is 5.63. The van der Waals surface area contributed by atoms with Gasteiger partial charge in [0.2, 0.25) is 5.95 Å². The van der Waals surface area contributed by atoms with Gasteiger partial charge in [0.1, 0.15) is 11.6 Å². The number of anilines is 2. The summed E-state index contributed by atoms with van der Waals surface area (Å²) in [6.07, 6.45) is 7.96. The number of hydrogen-bond acceptors (Lipinski definition) is 7. The zero-order chi connectivity index (χ0) is 21.5. The van der Waals surface area contributed by atoms with Gasteiger partial charge in [-0.2, -0.15) is 0 Å². The number of imidazole rings is 1. The fraction of sp³-hybridized carbons (Fsp3) is 0.217. The second-order valence-corrected chi connectivity index (χ2v) is 7.31. The number of benzene rings is 1. The Balaban J connectivity index is 1.43. The summed E-state index contributed by atoms with van der Waals surface area (Å²) in [5, 5.41) is 3.25. The normalized spacial score (nSPS) is 10.9. The third kappa shape index (κ3) is 5.64. The van der Waals surface area contributed by atoms with Crippen LogP contribution in [0.15, 0.2) is 67.3 Å². The van der Waals surface area contributed by atoms with Crippen LogP contribution < -0.4 is 10.1 Å². The molecule has 0 aliphatic carbocycles.